The van der Waals surface area contributed by atoms with Crippen molar-refractivity contribution in [3.05, 3.63) is 109 Å². The zero-order valence-electron chi connectivity index (χ0n) is 18.2. The van der Waals surface area contributed by atoms with Crippen molar-refractivity contribution in [2.24, 2.45) is 0 Å². The van der Waals surface area contributed by atoms with E-state index in [9.17, 15) is 0 Å². The van der Waals surface area contributed by atoms with Gasteiger partial charge in [0.2, 0.25) is 0 Å². The first-order valence-electron chi connectivity index (χ1n) is 10.9. The zero-order chi connectivity index (χ0) is 22.2. The summed E-state index contributed by atoms with van der Waals surface area (Å²) in [6.07, 6.45) is 7.39. The minimum absolute atomic E-state index is 0.798. The molecule has 0 amide bonds. The predicted octanol–water partition coefficient (Wildman–Crippen LogP) is 6.10. The number of benzene rings is 4. The van der Waals surface area contributed by atoms with Crippen molar-refractivity contribution in [3.63, 3.8) is 0 Å². The second-order valence-corrected chi connectivity index (χ2v) is 8.11. The minimum Gasteiger partial charge on any atom is -0.495 e. The van der Waals surface area contributed by atoms with E-state index in [1.54, 1.807) is 19.6 Å². The fourth-order valence-electron chi connectivity index (χ4n) is 4.35. The quantitative estimate of drug-likeness (QED) is 0.332. The summed E-state index contributed by atoms with van der Waals surface area (Å²) in [5, 5.41) is 2.30. The van der Waals surface area contributed by atoms with Crippen LogP contribution in [0, 0.1) is 0 Å². The minimum atomic E-state index is 0.798. The topological polar surface area (TPSA) is 44.9 Å². The van der Waals surface area contributed by atoms with E-state index in [1.165, 1.54) is 16.7 Å². The largest absolute Gasteiger partial charge is 0.495 e. The third-order valence-corrected chi connectivity index (χ3v) is 6.09. The molecule has 0 saturated carbocycles. The lowest BCUT2D eigenvalue weighted by molar-refractivity contribution is 0.413. The maximum atomic E-state index is 5.66. The molecule has 33 heavy (non-hydrogen) atoms. The summed E-state index contributed by atoms with van der Waals surface area (Å²) < 4.78 is 9.81. The van der Waals surface area contributed by atoms with Gasteiger partial charge < -0.3 is 13.9 Å². The van der Waals surface area contributed by atoms with Gasteiger partial charge in [0.1, 0.15) is 5.75 Å². The standard InChI is InChI=1S/C28H22N4O/c1-33-28-16-24-14-22(10-11-23(24)15-27(28)31-13-12-29-18-31)21-8-6-20(7-9-21)17-32-19-30-25-4-2-3-5-26(25)32/h2-16,18-19H,17H2,1H3. The Morgan fingerprint density at radius 1 is 0.818 bits per heavy atom. The molecule has 0 fully saturated rings. The Balaban J connectivity index is 1.31. The van der Waals surface area contributed by atoms with E-state index in [4.69, 9.17) is 4.74 Å². The first kappa shape index (κ1) is 19.3. The van der Waals surface area contributed by atoms with Crippen molar-refractivity contribution < 1.29 is 4.74 Å². The molecule has 5 nitrogen and oxygen atoms in total. The van der Waals surface area contributed by atoms with E-state index >= 15 is 0 Å². The molecule has 0 spiro atoms. The van der Waals surface area contributed by atoms with Crippen LogP contribution in [0.4, 0.5) is 0 Å². The van der Waals surface area contributed by atoms with Crippen LogP contribution in [0.5, 0.6) is 5.75 Å². The average Bonchev–Trinajstić information content (AvgIpc) is 3.54. The molecule has 6 rings (SSSR count). The van der Waals surface area contributed by atoms with E-state index in [1.807, 2.05) is 29.2 Å². The van der Waals surface area contributed by atoms with E-state index < -0.39 is 0 Å². The number of methoxy groups -OCH3 is 1. The van der Waals surface area contributed by atoms with Crippen LogP contribution >= 0.6 is 0 Å². The van der Waals surface area contributed by atoms with E-state index in [-0.39, 0.29) is 0 Å². The third-order valence-electron chi connectivity index (χ3n) is 6.09. The van der Waals surface area contributed by atoms with Crippen LogP contribution in [0.2, 0.25) is 0 Å². The van der Waals surface area contributed by atoms with Gasteiger partial charge in [-0.15, -0.1) is 0 Å². The van der Waals surface area contributed by atoms with Gasteiger partial charge in [0.05, 0.1) is 36.5 Å². The smallest absolute Gasteiger partial charge is 0.143 e. The molecule has 2 heterocycles. The number of ether oxygens (including phenoxy) is 1. The van der Waals surface area contributed by atoms with Crippen molar-refractivity contribution >= 4 is 21.8 Å². The number of rotatable bonds is 5. The molecule has 160 valence electrons. The lowest BCUT2D eigenvalue weighted by atomic mass is 9.99. The zero-order valence-corrected chi connectivity index (χ0v) is 18.2. The highest BCUT2D eigenvalue weighted by atomic mass is 16.5. The number of aromatic nitrogens is 4. The number of hydrogen-bond acceptors (Lipinski definition) is 3. The highest BCUT2D eigenvalue weighted by molar-refractivity contribution is 5.90. The number of para-hydroxylation sites is 2. The first-order chi connectivity index (χ1) is 16.3. The van der Waals surface area contributed by atoms with E-state index in [0.717, 1.165) is 39.8 Å². The van der Waals surface area contributed by atoms with Crippen molar-refractivity contribution in [2.45, 2.75) is 6.54 Å². The van der Waals surface area contributed by atoms with Crippen LogP contribution in [-0.4, -0.2) is 26.2 Å². The van der Waals surface area contributed by atoms with Gasteiger partial charge in [-0.25, -0.2) is 9.97 Å². The second kappa shape index (κ2) is 7.95. The Bertz CT molecular complexity index is 1560. The molecule has 0 unspecified atom stereocenters. The molecule has 0 aliphatic heterocycles. The summed E-state index contributed by atoms with van der Waals surface area (Å²) in [4.78, 5) is 8.65. The number of hydrogen-bond donors (Lipinski definition) is 0. The van der Waals surface area contributed by atoms with E-state index in [2.05, 4.69) is 81.3 Å². The normalized spacial score (nSPS) is 11.3. The molecule has 0 bridgehead atoms. The Hall–Kier alpha value is -4.38. The summed E-state index contributed by atoms with van der Waals surface area (Å²) in [5.41, 5.74) is 6.77. The number of fused-ring (bicyclic) bond motifs is 2. The molecule has 4 aromatic carbocycles. The molecule has 0 atom stereocenters. The van der Waals surface area contributed by atoms with Gasteiger partial charge in [-0.1, -0.05) is 48.5 Å². The van der Waals surface area contributed by atoms with Gasteiger partial charge in [-0.2, -0.15) is 0 Å². The van der Waals surface area contributed by atoms with Gasteiger partial charge in [-0.3, -0.25) is 0 Å². The monoisotopic (exact) mass is 430 g/mol. The van der Waals surface area contributed by atoms with Gasteiger partial charge in [0.25, 0.3) is 0 Å². The average molecular weight is 431 g/mol. The Morgan fingerprint density at radius 3 is 2.48 bits per heavy atom. The van der Waals surface area contributed by atoms with Crippen LogP contribution in [0.15, 0.2) is 104 Å². The van der Waals surface area contributed by atoms with E-state index in [0.29, 0.717) is 0 Å². The summed E-state index contributed by atoms with van der Waals surface area (Å²) >= 11 is 0. The SMILES string of the molecule is COc1cc2cc(-c3ccc(Cn4cnc5ccccc54)cc3)ccc2cc1-n1ccnc1. The van der Waals surface area contributed by atoms with Crippen LogP contribution in [0.3, 0.4) is 0 Å². The molecule has 0 saturated heterocycles. The highest BCUT2D eigenvalue weighted by Crippen LogP contribution is 2.32. The highest BCUT2D eigenvalue weighted by Gasteiger charge is 2.09. The Kier molecular flexibility index (Phi) is 4.65. The van der Waals surface area contributed by atoms with Crippen molar-refractivity contribution in [1.82, 2.24) is 19.1 Å². The fourth-order valence-corrected chi connectivity index (χ4v) is 4.35. The molecule has 6 aromatic rings. The fraction of sp³-hybridized carbons (Fsp3) is 0.0714. The maximum absolute atomic E-state index is 5.66. The van der Waals surface area contributed by atoms with Crippen LogP contribution < -0.4 is 4.74 Å². The van der Waals surface area contributed by atoms with Gasteiger partial charge in [0.15, 0.2) is 0 Å². The Morgan fingerprint density at radius 2 is 1.67 bits per heavy atom. The van der Waals surface area contributed by atoms with Crippen LogP contribution in [-0.2, 0) is 6.54 Å². The predicted molar refractivity (Wildman–Crippen MR) is 132 cm³/mol. The summed E-state index contributed by atoms with van der Waals surface area (Å²) in [7, 11) is 1.70. The number of nitrogens with zero attached hydrogens (tertiary/aromatic N) is 4. The lowest BCUT2D eigenvalue weighted by Gasteiger charge is -2.12. The lowest BCUT2D eigenvalue weighted by Crippen LogP contribution is -1.97. The van der Waals surface area contributed by atoms with Crippen LogP contribution in [0.1, 0.15) is 5.56 Å². The van der Waals surface area contributed by atoms with Gasteiger partial charge in [0, 0.05) is 18.9 Å². The Labute approximate surface area is 191 Å². The van der Waals surface area contributed by atoms with Crippen molar-refractivity contribution in [1.29, 1.82) is 0 Å². The molecular formula is C28H22N4O. The summed E-state index contributed by atoms with van der Waals surface area (Å²) in [6.45, 7) is 0.798. The van der Waals surface area contributed by atoms with Crippen molar-refractivity contribution in [2.75, 3.05) is 7.11 Å². The summed E-state index contributed by atoms with van der Waals surface area (Å²) in [5.74, 6) is 0.820. The molecule has 0 N–H and O–H groups in total. The maximum Gasteiger partial charge on any atom is 0.143 e. The van der Waals surface area contributed by atoms with Gasteiger partial charge in [-0.05, 0) is 57.8 Å². The molecule has 0 aliphatic carbocycles. The molecule has 0 aliphatic rings. The molecule has 2 aromatic heterocycles. The van der Waals surface area contributed by atoms with Gasteiger partial charge >= 0.3 is 0 Å². The van der Waals surface area contributed by atoms with Crippen molar-refractivity contribution in [3.8, 4) is 22.6 Å². The first-order valence-corrected chi connectivity index (χ1v) is 10.9. The molecular weight excluding hydrogens is 408 g/mol. The molecule has 5 heteroatoms. The molecule has 0 radical (unpaired) electrons. The second-order valence-electron chi connectivity index (χ2n) is 8.11. The number of imidazole rings is 2. The van der Waals surface area contributed by atoms with Crippen LogP contribution in [0.25, 0.3) is 38.6 Å². The third kappa shape index (κ3) is 3.53. The summed E-state index contributed by atoms with van der Waals surface area (Å²) in [6, 6.07) is 27.8.